The molecule has 0 radical (unpaired) electrons. The summed E-state index contributed by atoms with van der Waals surface area (Å²) in [7, 11) is 0. The van der Waals surface area contributed by atoms with Crippen LogP contribution in [0.5, 0.6) is 5.75 Å². The maximum absolute atomic E-state index is 13.0. The minimum absolute atomic E-state index is 0.0382. The number of halogens is 3. The van der Waals surface area contributed by atoms with E-state index in [0.717, 1.165) is 42.8 Å². The van der Waals surface area contributed by atoms with E-state index in [1.807, 2.05) is 25.1 Å². The molecule has 1 aliphatic heterocycles. The van der Waals surface area contributed by atoms with Crippen molar-refractivity contribution >= 4 is 29.1 Å². The second-order valence-corrected chi connectivity index (χ2v) is 10.0. The zero-order valence-corrected chi connectivity index (χ0v) is 22.4. The molecule has 3 rings (SSSR count). The number of rotatable bonds is 11. The second-order valence-electron chi connectivity index (χ2n) is 10.0. The first-order chi connectivity index (χ1) is 18.4. The maximum Gasteiger partial charge on any atom is 0.573 e. The average molecular weight is 552 g/mol. The van der Waals surface area contributed by atoms with Gasteiger partial charge in [0.15, 0.2) is 0 Å². The van der Waals surface area contributed by atoms with Crippen molar-refractivity contribution in [3.8, 4) is 5.75 Å². The SMILES string of the molecule is CCC(CC(=O)O)c1ccc(N(CC(C)C)C2CCOCC2)c(NC(=O)Nc2ccc(OC(F)(F)F)cc2)c1. The van der Waals surface area contributed by atoms with E-state index in [4.69, 9.17) is 4.74 Å². The van der Waals surface area contributed by atoms with Crippen LogP contribution in [0.3, 0.4) is 0 Å². The number of hydrogen-bond donors (Lipinski definition) is 3. The molecule has 1 fully saturated rings. The number of amides is 2. The number of ether oxygens (including phenoxy) is 2. The minimum Gasteiger partial charge on any atom is -0.481 e. The largest absolute Gasteiger partial charge is 0.573 e. The van der Waals surface area contributed by atoms with E-state index < -0.39 is 24.1 Å². The van der Waals surface area contributed by atoms with Gasteiger partial charge in [-0.1, -0.05) is 26.8 Å². The highest BCUT2D eigenvalue weighted by molar-refractivity contribution is 6.02. The van der Waals surface area contributed by atoms with Crippen LogP contribution >= 0.6 is 0 Å². The lowest BCUT2D eigenvalue weighted by molar-refractivity contribution is -0.274. The van der Waals surface area contributed by atoms with Crippen LogP contribution < -0.4 is 20.3 Å². The summed E-state index contributed by atoms with van der Waals surface area (Å²) in [6.45, 7) is 8.18. The van der Waals surface area contributed by atoms with Gasteiger partial charge in [0.1, 0.15) is 5.75 Å². The van der Waals surface area contributed by atoms with Crippen molar-refractivity contribution in [3.05, 3.63) is 48.0 Å². The van der Waals surface area contributed by atoms with E-state index in [0.29, 0.717) is 31.2 Å². The normalized spacial score (nSPS) is 15.1. The third kappa shape index (κ3) is 9.35. The predicted octanol–water partition coefficient (Wildman–Crippen LogP) is 6.84. The van der Waals surface area contributed by atoms with Crippen LogP contribution in [-0.2, 0) is 9.53 Å². The van der Waals surface area contributed by atoms with Gasteiger partial charge in [-0.2, -0.15) is 0 Å². The average Bonchev–Trinajstić information content (AvgIpc) is 2.86. The first-order valence-corrected chi connectivity index (χ1v) is 13.1. The molecule has 0 bridgehead atoms. The van der Waals surface area contributed by atoms with Gasteiger partial charge in [-0.15, -0.1) is 13.2 Å². The molecule has 3 N–H and O–H groups in total. The number of nitrogens with one attached hydrogen (secondary N) is 2. The minimum atomic E-state index is -4.81. The molecule has 1 atom stereocenters. The number of carbonyl (C=O) groups is 2. The lowest BCUT2D eigenvalue weighted by atomic mass is 9.92. The molecule has 1 heterocycles. The van der Waals surface area contributed by atoms with Crippen LogP contribution in [0, 0.1) is 5.92 Å². The van der Waals surface area contributed by atoms with Gasteiger partial charge in [0.2, 0.25) is 0 Å². The molecular formula is C28H36F3N3O5. The van der Waals surface area contributed by atoms with Crippen LogP contribution in [0.4, 0.5) is 35.0 Å². The van der Waals surface area contributed by atoms with Crippen molar-refractivity contribution < 1.29 is 37.3 Å². The van der Waals surface area contributed by atoms with Gasteiger partial charge in [0.25, 0.3) is 0 Å². The van der Waals surface area contributed by atoms with Crippen LogP contribution in [0.15, 0.2) is 42.5 Å². The zero-order valence-electron chi connectivity index (χ0n) is 22.4. The van der Waals surface area contributed by atoms with Gasteiger partial charge in [-0.3, -0.25) is 4.79 Å². The summed E-state index contributed by atoms with van der Waals surface area (Å²) in [5.74, 6) is -1.20. The maximum atomic E-state index is 13.0. The van der Waals surface area contributed by atoms with Crippen LogP contribution in [0.1, 0.15) is 57.9 Å². The molecule has 1 aliphatic rings. The summed E-state index contributed by atoms with van der Waals surface area (Å²) in [5, 5.41) is 14.9. The van der Waals surface area contributed by atoms with Crippen LogP contribution in [0.25, 0.3) is 0 Å². The number of carboxylic acid groups (broad SMARTS) is 1. The molecule has 0 saturated carbocycles. The van der Waals surface area contributed by atoms with Gasteiger partial charge in [0.05, 0.1) is 17.8 Å². The quantitative estimate of drug-likeness (QED) is 0.283. The van der Waals surface area contributed by atoms with Crippen LogP contribution in [-0.4, -0.2) is 49.3 Å². The van der Waals surface area contributed by atoms with E-state index in [2.05, 4.69) is 34.1 Å². The Balaban J connectivity index is 1.90. The number of hydrogen-bond acceptors (Lipinski definition) is 5. The molecule has 1 unspecified atom stereocenters. The molecule has 214 valence electrons. The van der Waals surface area contributed by atoms with Crippen molar-refractivity contribution in [2.75, 3.05) is 35.3 Å². The zero-order chi connectivity index (χ0) is 28.6. The Labute approximate surface area is 226 Å². The molecule has 2 aromatic carbocycles. The number of aliphatic carboxylic acids is 1. The summed E-state index contributed by atoms with van der Waals surface area (Å²) in [5.41, 5.74) is 2.41. The Morgan fingerprint density at radius 3 is 2.33 bits per heavy atom. The number of alkyl halides is 3. The Morgan fingerprint density at radius 2 is 1.77 bits per heavy atom. The number of nitrogens with zero attached hydrogens (tertiary/aromatic N) is 1. The molecule has 1 saturated heterocycles. The fourth-order valence-electron chi connectivity index (χ4n) is 4.73. The van der Waals surface area contributed by atoms with Crippen molar-refractivity contribution in [1.29, 1.82) is 0 Å². The number of carbonyl (C=O) groups excluding carboxylic acids is 1. The Morgan fingerprint density at radius 1 is 1.10 bits per heavy atom. The Kier molecular flexibility index (Phi) is 10.4. The van der Waals surface area contributed by atoms with E-state index in [1.165, 1.54) is 12.1 Å². The highest BCUT2D eigenvalue weighted by Gasteiger charge is 2.31. The monoisotopic (exact) mass is 551 g/mol. The van der Waals surface area contributed by atoms with Gasteiger partial charge >= 0.3 is 18.4 Å². The first-order valence-electron chi connectivity index (χ1n) is 13.1. The smallest absolute Gasteiger partial charge is 0.481 e. The summed E-state index contributed by atoms with van der Waals surface area (Å²) in [6.07, 6.45) is -2.56. The van der Waals surface area contributed by atoms with E-state index in [1.54, 1.807) is 0 Å². The molecular weight excluding hydrogens is 515 g/mol. The second kappa shape index (κ2) is 13.5. The molecule has 0 aromatic heterocycles. The standard InChI is InChI=1S/C28H36F3N3O5/c1-4-19(16-26(35)36)20-5-10-25(34(17-18(2)3)22-11-13-38-14-12-22)24(15-20)33-27(37)32-21-6-8-23(9-7-21)39-28(29,30)31/h5-10,15,18-19,22H,4,11-14,16-17H2,1-3H3,(H,35,36)(H2,32,33,37). The number of anilines is 3. The summed E-state index contributed by atoms with van der Waals surface area (Å²) in [6, 6.07) is 10.1. The Hall–Kier alpha value is -3.47. The molecule has 8 nitrogen and oxygen atoms in total. The van der Waals surface area contributed by atoms with Gasteiger partial charge in [-0.05, 0) is 73.1 Å². The molecule has 2 aromatic rings. The van der Waals surface area contributed by atoms with Gasteiger partial charge in [-0.25, -0.2) is 4.79 Å². The highest BCUT2D eigenvalue weighted by atomic mass is 19.4. The number of urea groups is 1. The fourth-order valence-corrected chi connectivity index (χ4v) is 4.73. The van der Waals surface area contributed by atoms with E-state index in [9.17, 15) is 27.9 Å². The fraction of sp³-hybridized carbons (Fsp3) is 0.500. The van der Waals surface area contributed by atoms with E-state index >= 15 is 0 Å². The number of carboxylic acids is 1. The molecule has 39 heavy (non-hydrogen) atoms. The van der Waals surface area contributed by atoms with E-state index in [-0.39, 0.29) is 24.1 Å². The summed E-state index contributed by atoms with van der Waals surface area (Å²) >= 11 is 0. The topological polar surface area (TPSA) is 100 Å². The predicted molar refractivity (Wildman–Crippen MR) is 144 cm³/mol. The van der Waals surface area contributed by atoms with Gasteiger partial charge < -0.3 is 30.1 Å². The summed E-state index contributed by atoms with van der Waals surface area (Å²) in [4.78, 5) is 26.7. The molecule has 0 aliphatic carbocycles. The number of benzene rings is 2. The highest BCUT2D eigenvalue weighted by Crippen LogP contribution is 2.36. The first kappa shape index (κ1) is 30.1. The lowest BCUT2D eigenvalue weighted by Crippen LogP contribution is -2.42. The summed E-state index contributed by atoms with van der Waals surface area (Å²) < 4.78 is 46.8. The van der Waals surface area contributed by atoms with Gasteiger partial charge in [0, 0.05) is 31.5 Å². The third-order valence-electron chi connectivity index (χ3n) is 6.50. The molecule has 2 amide bonds. The van der Waals surface area contributed by atoms with Crippen molar-refractivity contribution in [2.45, 2.75) is 64.8 Å². The van der Waals surface area contributed by atoms with Crippen molar-refractivity contribution in [2.24, 2.45) is 5.92 Å². The lowest BCUT2D eigenvalue weighted by Gasteiger charge is -2.38. The van der Waals surface area contributed by atoms with Crippen molar-refractivity contribution in [1.82, 2.24) is 0 Å². The Bertz CT molecular complexity index is 1100. The molecule has 0 spiro atoms. The molecule has 11 heteroatoms. The van der Waals surface area contributed by atoms with Crippen LogP contribution in [0.2, 0.25) is 0 Å². The third-order valence-corrected chi connectivity index (χ3v) is 6.50. The van der Waals surface area contributed by atoms with Crippen molar-refractivity contribution in [3.63, 3.8) is 0 Å².